The lowest BCUT2D eigenvalue weighted by atomic mass is 10.0. The van der Waals surface area contributed by atoms with E-state index >= 15 is 0 Å². The summed E-state index contributed by atoms with van der Waals surface area (Å²) in [6.07, 6.45) is 2.16. The smallest absolute Gasteiger partial charge is 0.319 e. The van der Waals surface area contributed by atoms with Gasteiger partial charge in [0, 0.05) is 17.9 Å². The largest absolute Gasteiger partial charge is 0.399 e. The summed E-state index contributed by atoms with van der Waals surface area (Å²) in [6, 6.07) is 6.92. The third kappa shape index (κ3) is 4.76. The molecule has 0 saturated heterocycles. The Morgan fingerprint density at radius 3 is 2.35 bits per heavy atom. The summed E-state index contributed by atoms with van der Waals surface area (Å²) in [5, 5.41) is 5.63. The number of carbonyl (C=O) groups is 1. The second kappa shape index (κ2) is 6.78. The normalized spacial score (nSPS) is 10.3. The van der Waals surface area contributed by atoms with Crippen LogP contribution in [0.4, 0.5) is 16.2 Å². The highest BCUT2D eigenvalue weighted by Gasteiger charge is 2.06. The van der Waals surface area contributed by atoms with E-state index in [1.165, 1.54) is 0 Å². The number of amides is 2. The minimum atomic E-state index is -0.165. The fraction of sp³-hybridized carbons (Fsp3) is 0.462. The predicted molar refractivity (Wildman–Crippen MR) is 71.9 cm³/mol. The van der Waals surface area contributed by atoms with Crippen LogP contribution in [0.3, 0.4) is 0 Å². The first kappa shape index (κ1) is 13.4. The van der Waals surface area contributed by atoms with Crippen LogP contribution in [-0.4, -0.2) is 12.6 Å². The maximum atomic E-state index is 11.6. The lowest BCUT2D eigenvalue weighted by Gasteiger charge is -2.13. The van der Waals surface area contributed by atoms with Crippen LogP contribution in [0, 0.1) is 5.92 Å². The average molecular weight is 235 g/mol. The molecule has 0 unspecified atom stereocenters. The zero-order valence-corrected chi connectivity index (χ0v) is 10.5. The van der Waals surface area contributed by atoms with Gasteiger partial charge in [0.1, 0.15) is 0 Å². The number of carbonyl (C=O) groups excluding carboxylic acids is 1. The first-order valence-corrected chi connectivity index (χ1v) is 6.06. The van der Waals surface area contributed by atoms with Crippen molar-refractivity contribution in [3.63, 3.8) is 0 Å². The molecule has 0 aliphatic rings. The fourth-order valence-corrected chi connectivity index (χ4v) is 1.56. The summed E-state index contributed by atoms with van der Waals surface area (Å²) < 4.78 is 0. The summed E-state index contributed by atoms with van der Waals surface area (Å²) in [6.45, 7) is 4.98. The van der Waals surface area contributed by atoms with Gasteiger partial charge >= 0.3 is 6.03 Å². The zero-order valence-electron chi connectivity index (χ0n) is 10.5. The minimum Gasteiger partial charge on any atom is -0.399 e. The van der Waals surface area contributed by atoms with Crippen molar-refractivity contribution in [3.05, 3.63) is 24.3 Å². The van der Waals surface area contributed by atoms with E-state index in [0.29, 0.717) is 18.2 Å². The lowest BCUT2D eigenvalue weighted by Crippen LogP contribution is -2.32. The Balaban J connectivity index is 2.37. The highest BCUT2D eigenvalue weighted by atomic mass is 16.2. The average Bonchev–Trinajstić information content (AvgIpc) is 2.33. The van der Waals surface area contributed by atoms with E-state index in [1.807, 2.05) is 0 Å². The van der Waals surface area contributed by atoms with Gasteiger partial charge in [-0.3, -0.25) is 0 Å². The maximum Gasteiger partial charge on any atom is 0.319 e. The zero-order chi connectivity index (χ0) is 12.7. The molecule has 0 aliphatic carbocycles. The number of anilines is 2. The number of hydrogen-bond acceptors (Lipinski definition) is 2. The lowest BCUT2D eigenvalue weighted by molar-refractivity contribution is 0.249. The van der Waals surface area contributed by atoms with E-state index in [4.69, 9.17) is 5.73 Å². The second-order valence-corrected chi connectivity index (χ2v) is 4.14. The van der Waals surface area contributed by atoms with Crippen molar-refractivity contribution >= 4 is 17.4 Å². The van der Waals surface area contributed by atoms with Crippen LogP contribution >= 0.6 is 0 Å². The van der Waals surface area contributed by atoms with Gasteiger partial charge in [-0.1, -0.05) is 26.7 Å². The Morgan fingerprint density at radius 2 is 1.82 bits per heavy atom. The number of urea groups is 1. The maximum absolute atomic E-state index is 11.6. The summed E-state index contributed by atoms with van der Waals surface area (Å²) in [5.74, 6) is 0.548. The third-order valence-electron chi connectivity index (χ3n) is 2.87. The molecule has 0 saturated carbocycles. The molecule has 4 heteroatoms. The van der Waals surface area contributed by atoms with E-state index < -0.39 is 0 Å². The molecule has 4 nitrogen and oxygen atoms in total. The molecule has 0 aromatic heterocycles. The van der Waals surface area contributed by atoms with Crippen molar-refractivity contribution in [2.75, 3.05) is 17.6 Å². The number of benzene rings is 1. The molecule has 1 aromatic rings. The Bertz CT molecular complexity index is 344. The number of nitrogen functional groups attached to an aromatic ring is 1. The first-order valence-electron chi connectivity index (χ1n) is 6.06. The molecule has 17 heavy (non-hydrogen) atoms. The molecule has 94 valence electrons. The molecule has 0 atom stereocenters. The van der Waals surface area contributed by atoms with Gasteiger partial charge in [-0.25, -0.2) is 4.79 Å². The van der Waals surface area contributed by atoms with E-state index in [1.54, 1.807) is 24.3 Å². The van der Waals surface area contributed by atoms with Crippen molar-refractivity contribution in [2.24, 2.45) is 5.92 Å². The molecule has 4 N–H and O–H groups in total. The van der Waals surface area contributed by atoms with Crippen molar-refractivity contribution in [2.45, 2.75) is 26.7 Å². The molecule has 0 fully saturated rings. The van der Waals surface area contributed by atoms with Crippen LogP contribution in [0.5, 0.6) is 0 Å². The number of rotatable bonds is 5. The van der Waals surface area contributed by atoms with Gasteiger partial charge in [-0.05, 0) is 30.2 Å². The highest BCUT2D eigenvalue weighted by molar-refractivity contribution is 5.89. The van der Waals surface area contributed by atoms with Crippen LogP contribution in [0.1, 0.15) is 26.7 Å². The molecular weight excluding hydrogens is 214 g/mol. The molecule has 0 heterocycles. The van der Waals surface area contributed by atoms with Crippen molar-refractivity contribution < 1.29 is 4.79 Å². The number of nitrogens with one attached hydrogen (secondary N) is 2. The quantitative estimate of drug-likeness (QED) is 0.687. The van der Waals surface area contributed by atoms with Crippen LogP contribution in [0.25, 0.3) is 0 Å². The first-order chi connectivity index (χ1) is 8.15. The van der Waals surface area contributed by atoms with Gasteiger partial charge in [-0.15, -0.1) is 0 Å². The van der Waals surface area contributed by atoms with Crippen LogP contribution in [0.15, 0.2) is 24.3 Å². The summed E-state index contributed by atoms with van der Waals surface area (Å²) in [4.78, 5) is 11.6. The van der Waals surface area contributed by atoms with Crippen LogP contribution < -0.4 is 16.4 Å². The van der Waals surface area contributed by atoms with E-state index in [0.717, 1.165) is 18.5 Å². The van der Waals surface area contributed by atoms with E-state index in [-0.39, 0.29) is 6.03 Å². The second-order valence-electron chi connectivity index (χ2n) is 4.14. The third-order valence-corrected chi connectivity index (χ3v) is 2.87. The van der Waals surface area contributed by atoms with Gasteiger partial charge in [0.2, 0.25) is 0 Å². The highest BCUT2D eigenvalue weighted by Crippen LogP contribution is 2.10. The predicted octanol–water partition coefficient (Wildman–Crippen LogP) is 2.83. The molecule has 1 rings (SSSR count). The minimum absolute atomic E-state index is 0.165. The standard InChI is InChI=1S/C13H21N3O/c1-3-10(4-2)9-15-13(17)16-12-7-5-11(14)6-8-12/h5-8,10H,3-4,9,14H2,1-2H3,(H2,15,16,17). The fourth-order valence-electron chi connectivity index (χ4n) is 1.56. The SMILES string of the molecule is CCC(CC)CNC(=O)Nc1ccc(N)cc1. The molecule has 0 radical (unpaired) electrons. The molecule has 2 amide bonds. The monoisotopic (exact) mass is 235 g/mol. The van der Waals surface area contributed by atoms with Gasteiger partial charge in [-0.2, -0.15) is 0 Å². The van der Waals surface area contributed by atoms with Gasteiger partial charge in [0.15, 0.2) is 0 Å². The van der Waals surface area contributed by atoms with Crippen molar-refractivity contribution in [1.29, 1.82) is 0 Å². The molecule has 1 aromatic carbocycles. The van der Waals surface area contributed by atoms with E-state index in [9.17, 15) is 4.79 Å². The van der Waals surface area contributed by atoms with Gasteiger partial charge < -0.3 is 16.4 Å². The molecule has 0 spiro atoms. The summed E-state index contributed by atoms with van der Waals surface area (Å²) >= 11 is 0. The van der Waals surface area contributed by atoms with Crippen LogP contribution in [-0.2, 0) is 0 Å². The van der Waals surface area contributed by atoms with Crippen molar-refractivity contribution in [3.8, 4) is 0 Å². The Kier molecular flexibility index (Phi) is 5.33. The molecular formula is C13H21N3O. The number of hydrogen-bond donors (Lipinski definition) is 3. The van der Waals surface area contributed by atoms with Crippen LogP contribution in [0.2, 0.25) is 0 Å². The summed E-state index contributed by atoms with van der Waals surface area (Å²) in [7, 11) is 0. The molecule has 0 bridgehead atoms. The number of nitrogens with two attached hydrogens (primary N) is 1. The van der Waals surface area contributed by atoms with Gasteiger partial charge in [0.25, 0.3) is 0 Å². The Labute approximate surface area is 103 Å². The Hall–Kier alpha value is -1.71. The van der Waals surface area contributed by atoms with Gasteiger partial charge in [0.05, 0.1) is 0 Å². The topological polar surface area (TPSA) is 67.2 Å². The van der Waals surface area contributed by atoms with E-state index in [2.05, 4.69) is 24.5 Å². The van der Waals surface area contributed by atoms with Crippen molar-refractivity contribution in [1.82, 2.24) is 5.32 Å². The summed E-state index contributed by atoms with van der Waals surface area (Å²) in [5.41, 5.74) is 7.00. The molecule has 0 aliphatic heterocycles. The Morgan fingerprint density at radius 1 is 1.24 bits per heavy atom.